The van der Waals surface area contributed by atoms with E-state index in [-0.39, 0.29) is 12.3 Å². The van der Waals surface area contributed by atoms with Crippen molar-refractivity contribution in [3.05, 3.63) is 224 Å². The van der Waals surface area contributed by atoms with Crippen molar-refractivity contribution in [3.8, 4) is 5.75 Å². The second-order valence-corrected chi connectivity index (χ2v) is 17.8. The third-order valence-electron chi connectivity index (χ3n) is 13.4. The van der Waals surface area contributed by atoms with Crippen LogP contribution in [0.5, 0.6) is 5.75 Å². The minimum atomic E-state index is -7.22. The van der Waals surface area contributed by atoms with E-state index in [1.165, 1.54) is 37.7 Å². The molecule has 8 aromatic rings. The number of hydrogen-bond donors (Lipinski definition) is 0. The third-order valence-corrected chi connectivity index (χ3v) is 13.4. The molecule has 0 spiro atoms. The Morgan fingerprint density at radius 3 is 1.16 bits per heavy atom. The Balaban J connectivity index is 0.000000216. The molecule has 1 heterocycles. The van der Waals surface area contributed by atoms with E-state index < -0.39 is 150 Å². The van der Waals surface area contributed by atoms with Crippen LogP contribution in [-0.4, -0.2) is 17.9 Å². The average Bonchev–Trinajstić information content (AvgIpc) is 3.09. The van der Waals surface area contributed by atoms with Gasteiger partial charge in [-0.1, -0.05) is 79.9 Å². The summed E-state index contributed by atoms with van der Waals surface area (Å²) in [6.07, 6.45) is 0.907. The Bertz CT molecular complexity index is 3380. The molecule has 0 unspecified atom stereocenters. The Labute approximate surface area is 431 Å². The molecule has 1 saturated carbocycles. The zero-order chi connectivity index (χ0) is 57.7. The SMILES string of the molecule is Fc1c(F)c(F)c([B-](c2c(F)c(F)c(F)c(F)c2F)(c2c(F)c(F)c(F)c(F)c2F)c2c(F)c(F)c(F)c(F)c2F)c(F)c1F.O=C(C[n+]1ccc2ccccc2c1C(=O)Oc1ccc(C2CCCCC2)cc1)c1ccccc1. The number of ketones is 1. The van der Waals surface area contributed by atoms with Crippen LogP contribution in [0.15, 0.2) is 91.1 Å². The second-order valence-electron chi connectivity index (χ2n) is 17.8. The van der Waals surface area contributed by atoms with E-state index in [1.54, 1.807) is 22.9 Å². The molecule has 1 aliphatic rings. The van der Waals surface area contributed by atoms with E-state index in [0.717, 1.165) is 10.8 Å². The maximum absolute atomic E-state index is 15.4. The van der Waals surface area contributed by atoms with Crippen LogP contribution in [-0.2, 0) is 6.54 Å². The molecule has 0 amide bonds. The Kier molecular flexibility index (Phi) is 16.0. The van der Waals surface area contributed by atoms with Crippen molar-refractivity contribution < 1.29 is 107 Å². The van der Waals surface area contributed by atoms with Crippen LogP contribution >= 0.6 is 0 Å². The Morgan fingerprint density at radius 2 is 0.772 bits per heavy atom. The first kappa shape index (κ1) is 56.9. The quantitative estimate of drug-likeness (QED) is 0.0200. The van der Waals surface area contributed by atoms with E-state index in [1.807, 2.05) is 60.7 Å². The zero-order valence-electron chi connectivity index (χ0n) is 39.3. The molecule has 0 aliphatic heterocycles. The largest absolute Gasteiger partial charge is 0.419 e. The van der Waals surface area contributed by atoms with Gasteiger partial charge in [0.25, 0.3) is 5.69 Å². The molecule has 0 bridgehead atoms. The maximum atomic E-state index is 15.4. The molecular formula is C54H28BF20NO3. The standard InChI is InChI=1S/C30H28NO3.C24BF20/c32-28(25-12-5-2-6-13-25)21-31-20-19-24-11-7-8-14-27(24)29(31)30(33)34-26-17-15-23(16-18-26)22-9-3-1-4-10-22;26-5-1(6(27)14(35)21(42)13(5)34)25(2-7(28)15(36)22(43)16(37)8(2)29,3-9(30)17(38)23(44)18(39)10(3)31)4-11(32)19(40)24(45)20(41)12(4)33/h2,5-8,11-20,22H,1,3-4,9-10,21H2;/q+1;-1. The highest BCUT2D eigenvalue weighted by Crippen LogP contribution is 2.34. The number of ether oxygens (including phenoxy) is 1. The van der Waals surface area contributed by atoms with Crippen molar-refractivity contribution in [2.75, 3.05) is 0 Å². The Morgan fingerprint density at radius 1 is 0.418 bits per heavy atom. The van der Waals surface area contributed by atoms with Gasteiger partial charge in [0, 0.05) is 11.6 Å². The normalized spacial score (nSPS) is 12.9. The molecule has 7 aromatic carbocycles. The van der Waals surface area contributed by atoms with Gasteiger partial charge < -0.3 is 4.74 Å². The number of Topliss-reactive ketones (excluding diaryl/α,β-unsaturated/α-hetero) is 1. The topological polar surface area (TPSA) is 47.2 Å². The van der Waals surface area contributed by atoms with Gasteiger partial charge in [-0.15, -0.1) is 21.9 Å². The van der Waals surface area contributed by atoms with Crippen molar-refractivity contribution in [2.24, 2.45) is 0 Å². The predicted octanol–water partition coefficient (Wildman–Crippen LogP) is 12.1. The van der Waals surface area contributed by atoms with E-state index in [2.05, 4.69) is 12.1 Å². The third kappa shape index (κ3) is 9.69. The summed E-state index contributed by atoms with van der Waals surface area (Å²) >= 11 is 0. The number of nitrogens with zero attached hydrogens (tertiary/aromatic N) is 1. The van der Waals surface area contributed by atoms with Crippen molar-refractivity contribution in [3.63, 3.8) is 0 Å². The van der Waals surface area contributed by atoms with E-state index in [0.29, 0.717) is 22.9 Å². The van der Waals surface area contributed by atoms with Gasteiger partial charge in [-0.05, 0) is 47.9 Å². The molecule has 9 rings (SSSR count). The van der Waals surface area contributed by atoms with E-state index >= 15 is 35.1 Å². The number of fused-ring (bicyclic) bond motifs is 1. The van der Waals surface area contributed by atoms with Gasteiger partial charge in [-0.25, -0.2) is 92.6 Å². The molecular weight excluding hydrogens is 1100 g/mol. The summed E-state index contributed by atoms with van der Waals surface area (Å²) in [5.41, 5.74) is -12.0. The monoisotopic (exact) mass is 1130 g/mol. The summed E-state index contributed by atoms with van der Waals surface area (Å²) in [6, 6.07) is 26.6. The van der Waals surface area contributed by atoms with Crippen LogP contribution in [0.1, 0.15) is 64.4 Å². The summed E-state index contributed by atoms with van der Waals surface area (Å²) in [7, 11) is 0. The lowest BCUT2D eigenvalue weighted by Gasteiger charge is -2.44. The smallest absolute Gasteiger partial charge is 0.409 e. The average molecular weight is 1130 g/mol. The molecule has 25 heteroatoms. The summed E-state index contributed by atoms with van der Waals surface area (Å²) in [6.45, 7) is 0.0555. The first-order valence-electron chi connectivity index (χ1n) is 22.9. The second kappa shape index (κ2) is 22.2. The molecule has 1 fully saturated rings. The number of pyridine rings is 1. The molecule has 79 heavy (non-hydrogen) atoms. The van der Waals surface area contributed by atoms with Gasteiger partial charge >= 0.3 is 5.97 Å². The first-order chi connectivity index (χ1) is 37.4. The summed E-state index contributed by atoms with van der Waals surface area (Å²) in [4.78, 5) is 26.3. The maximum Gasteiger partial charge on any atom is 0.409 e. The van der Waals surface area contributed by atoms with Crippen molar-refractivity contribution in [1.82, 2.24) is 0 Å². The minimum absolute atomic E-state index is 0.0555. The van der Waals surface area contributed by atoms with E-state index in [4.69, 9.17) is 4.74 Å². The summed E-state index contributed by atoms with van der Waals surface area (Å²) in [5.74, 6) is -70.8. The molecule has 0 atom stereocenters. The van der Waals surface area contributed by atoms with Crippen LogP contribution in [0.25, 0.3) is 10.8 Å². The van der Waals surface area contributed by atoms with Gasteiger partial charge in [0.15, 0.2) is 76.0 Å². The van der Waals surface area contributed by atoms with Crippen LogP contribution in [0.3, 0.4) is 0 Å². The fraction of sp³-hybridized carbons (Fsp3) is 0.130. The van der Waals surface area contributed by atoms with Gasteiger partial charge in [0.2, 0.25) is 12.3 Å². The number of hydrogen-bond acceptors (Lipinski definition) is 3. The van der Waals surface area contributed by atoms with Gasteiger partial charge in [0.05, 0.1) is 5.39 Å². The summed E-state index contributed by atoms with van der Waals surface area (Å²) < 4.78 is 301. The fourth-order valence-corrected chi connectivity index (χ4v) is 9.76. The van der Waals surface area contributed by atoms with Crippen molar-refractivity contribution in [1.29, 1.82) is 0 Å². The van der Waals surface area contributed by atoms with Crippen molar-refractivity contribution in [2.45, 2.75) is 44.6 Å². The number of aromatic nitrogens is 1. The van der Waals surface area contributed by atoms with Crippen LogP contribution < -0.4 is 31.2 Å². The highest BCUT2D eigenvalue weighted by Gasteiger charge is 2.52. The highest BCUT2D eigenvalue weighted by molar-refractivity contribution is 7.20. The van der Waals surface area contributed by atoms with E-state index in [9.17, 15) is 62.3 Å². The predicted molar refractivity (Wildman–Crippen MR) is 241 cm³/mol. The molecule has 4 nitrogen and oxygen atoms in total. The van der Waals surface area contributed by atoms with Gasteiger partial charge in [-0.2, -0.15) is 4.57 Å². The molecule has 0 N–H and O–H groups in total. The molecule has 1 aliphatic carbocycles. The molecule has 410 valence electrons. The Hall–Kier alpha value is -8.25. The van der Waals surface area contributed by atoms with Gasteiger partial charge in [0.1, 0.15) is 58.4 Å². The van der Waals surface area contributed by atoms with Gasteiger partial charge in [-0.3, -0.25) is 4.79 Å². The van der Waals surface area contributed by atoms with Crippen LogP contribution in [0, 0.1) is 116 Å². The number of esters is 1. The van der Waals surface area contributed by atoms with Crippen LogP contribution in [0.2, 0.25) is 0 Å². The minimum Gasteiger partial charge on any atom is -0.419 e. The number of carbonyl (C=O) groups is 2. The fourth-order valence-electron chi connectivity index (χ4n) is 9.76. The lowest BCUT2D eigenvalue weighted by atomic mass is 9.12. The highest BCUT2D eigenvalue weighted by atomic mass is 19.2. The first-order valence-corrected chi connectivity index (χ1v) is 22.9. The number of carbonyl (C=O) groups excluding carboxylic acids is 2. The number of benzene rings is 7. The lowest BCUT2D eigenvalue weighted by Crippen LogP contribution is -2.81. The zero-order valence-corrected chi connectivity index (χ0v) is 39.3. The number of halogens is 20. The molecule has 1 aromatic heterocycles. The number of rotatable bonds is 10. The lowest BCUT2D eigenvalue weighted by molar-refractivity contribution is -0.684. The van der Waals surface area contributed by atoms with Crippen molar-refractivity contribution >= 4 is 50.5 Å². The molecule has 0 radical (unpaired) electrons. The molecule has 0 saturated heterocycles. The van der Waals surface area contributed by atoms with Crippen LogP contribution in [0.4, 0.5) is 87.8 Å². The summed E-state index contributed by atoms with van der Waals surface area (Å²) in [5, 5.41) is 1.68.